The highest BCUT2D eigenvalue weighted by Gasteiger charge is 2.17. The molecule has 3 rings (SSSR count). The third-order valence-corrected chi connectivity index (χ3v) is 7.28. The van der Waals surface area contributed by atoms with Gasteiger partial charge in [-0.3, -0.25) is 0 Å². The van der Waals surface area contributed by atoms with Crippen LogP contribution >= 0.6 is 19.7 Å². The molecule has 0 atom stereocenters. The SMILES string of the molecule is CC(C)(C)Sc1[cH-]ccc1P(c1ccccc1)c1ccccc1. The largest absolute Gasteiger partial charge is 0.205 e. The lowest BCUT2D eigenvalue weighted by atomic mass is 10.3. The molecule has 2 heteroatoms. The van der Waals surface area contributed by atoms with Crippen molar-refractivity contribution in [2.45, 2.75) is 30.4 Å². The van der Waals surface area contributed by atoms with Crippen molar-refractivity contribution in [1.29, 1.82) is 0 Å². The molecule has 0 aliphatic rings. The molecule has 3 aromatic carbocycles. The quantitative estimate of drug-likeness (QED) is 0.364. The van der Waals surface area contributed by atoms with Gasteiger partial charge in [0.2, 0.25) is 0 Å². The zero-order valence-electron chi connectivity index (χ0n) is 13.9. The van der Waals surface area contributed by atoms with E-state index in [1.807, 2.05) is 11.8 Å². The average Bonchev–Trinajstić information content (AvgIpc) is 2.96. The normalized spacial score (nSPS) is 11.8. The van der Waals surface area contributed by atoms with Crippen LogP contribution in [0.15, 0.2) is 83.8 Å². The fourth-order valence-electron chi connectivity index (χ4n) is 2.58. The van der Waals surface area contributed by atoms with Crippen molar-refractivity contribution in [2.24, 2.45) is 0 Å². The van der Waals surface area contributed by atoms with Gasteiger partial charge in [0.05, 0.1) is 0 Å². The molecule has 0 saturated carbocycles. The van der Waals surface area contributed by atoms with E-state index in [1.165, 1.54) is 20.8 Å². The van der Waals surface area contributed by atoms with Gasteiger partial charge in [0.1, 0.15) is 0 Å². The number of rotatable bonds is 4. The Labute approximate surface area is 145 Å². The van der Waals surface area contributed by atoms with E-state index >= 15 is 0 Å². The minimum Gasteiger partial charge on any atom is -0.205 e. The molecule has 0 unspecified atom stereocenters. The van der Waals surface area contributed by atoms with Crippen molar-refractivity contribution in [1.82, 2.24) is 0 Å². The summed E-state index contributed by atoms with van der Waals surface area (Å²) in [5.74, 6) is 0. The van der Waals surface area contributed by atoms with Crippen LogP contribution in [0, 0.1) is 0 Å². The smallest absolute Gasteiger partial charge is 0.0101 e. The van der Waals surface area contributed by atoms with Crippen LogP contribution < -0.4 is 15.9 Å². The van der Waals surface area contributed by atoms with E-state index in [-0.39, 0.29) is 4.75 Å². The first kappa shape index (κ1) is 16.4. The predicted molar refractivity (Wildman–Crippen MR) is 106 cm³/mol. The number of benzene rings is 2. The van der Waals surface area contributed by atoms with Crippen LogP contribution in [-0.4, -0.2) is 4.75 Å². The molecule has 23 heavy (non-hydrogen) atoms. The third-order valence-electron chi connectivity index (χ3n) is 3.44. The third kappa shape index (κ3) is 4.10. The summed E-state index contributed by atoms with van der Waals surface area (Å²) in [5.41, 5.74) is 0. The van der Waals surface area contributed by atoms with Gasteiger partial charge in [0.25, 0.3) is 0 Å². The molecule has 3 aromatic rings. The maximum Gasteiger partial charge on any atom is 0.0101 e. The zero-order valence-corrected chi connectivity index (χ0v) is 15.6. The zero-order chi connectivity index (χ0) is 16.3. The van der Waals surface area contributed by atoms with Gasteiger partial charge in [0, 0.05) is 4.75 Å². The first-order valence-electron chi connectivity index (χ1n) is 7.89. The molecule has 118 valence electrons. The maximum absolute atomic E-state index is 2.31. The fraction of sp³-hybridized carbons (Fsp3) is 0.190. The summed E-state index contributed by atoms with van der Waals surface area (Å²) >= 11 is 1.97. The van der Waals surface area contributed by atoms with Crippen LogP contribution in [0.3, 0.4) is 0 Å². The first-order valence-corrected chi connectivity index (χ1v) is 10.1. The van der Waals surface area contributed by atoms with Crippen LogP contribution in [0.1, 0.15) is 20.8 Å². The van der Waals surface area contributed by atoms with Gasteiger partial charge >= 0.3 is 0 Å². The molecule has 0 fully saturated rings. The number of hydrogen-bond acceptors (Lipinski definition) is 1. The van der Waals surface area contributed by atoms with Crippen molar-refractivity contribution in [2.75, 3.05) is 0 Å². The van der Waals surface area contributed by atoms with Gasteiger partial charge in [0.15, 0.2) is 0 Å². The molecule has 0 N–H and O–H groups in total. The second-order valence-corrected chi connectivity index (χ2v) is 10.6. The van der Waals surface area contributed by atoms with E-state index in [1.54, 1.807) is 0 Å². The predicted octanol–water partition coefficient (Wildman–Crippen LogP) is 5.05. The molecular weight excluding hydrogens is 315 g/mol. The van der Waals surface area contributed by atoms with E-state index in [9.17, 15) is 0 Å². The van der Waals surface area contributed by atoms with Crippen molar-refractivity contribution in [3.8, 4) is 0 Å². The topological polar surface area (TPSA) is 0 Å². The van der Waals surface area contributed by atoms with Crippen molar-refractivity contribution >= 4 is 35.6 Å². The minimum absolute atomic E-state index is 0.220. The second-order valence-electron chi connectivity index (χ2n) is 6.50. The Kier molecular flexibility index (Phi) is 4.99. The van der Waals surface area contributed by atoms with Crippen LogP contribution in [-0.2, 0) is 0 Å². The molecule has 0 heterocycles. The molecule has 0 aliphatic carbocycles. The van der Waals surface area contributed by atoms with Gasteiger partial charge in [-0.2, -0.15) is 17.4 Å². The summed E-state index contributed by atoms with van der Waals surface area (Å²) in [7, 11) is -0.504. The van der Waals surface area contributed by atoms with Crippen LogP contribution in [0.4, 0.5) is 0 Å². The molecule has 0 bridgehead atoms. The summed E-state index contributed by atoms with van der Waals surface area (Å²) in [4.78, 5) is 1.41. The Bertz CT molecular complexity index is 699. The van der Waals surface area contributed by atoms with Gasteiger partial charge in [-0.15, -0.1) is 16.7 Å². The number of hydrogen-bond donors (Lipinski definition) is 0. The minimum atomic E-state index is -0.504. The Balaban J connectivity index is 2.09. The van der Waals surface area contributed by atoms with Gasteiger partial charge in [-0.05, 0) is 10.6 Å². The molecule has 0 aromatic heterocycles. The molecule has 0 aliphatic heterocycles. The van der Waals surface area contributed by atoms with Gasteiger partial charge < -0.3 is 0 Å². The average molecular weight is 337 g/mol. The highest BCUT2D eigenvalue weighted by Crippen LogP contribution is 2.40. The summed E-state index contributed by atoms with van der Waals surface area (Å²) in [6, 6.07) is 28.6. The monoisotopic (exact) mass is 337 g/mol. The molecule has 0 nitrogen and oxygen atoms in total. The van der Waals surface area contributed by atoms with Crippen LogP contribution in [0.5, 0.6) is 0 Å². The second kappa shape index (κ2) is 6.99. The molecule has 0 saturated heterocycles. The number of thioether (sulfide) groups is 1. The van der Waals surface area contributed by atoms with Crippen LogP contribution in [0.2, 0.25) is 0 Å². The van der Waals surface area contributed by atoms with Crippen molar-refractivity contribution < 1.29 is 0 Å². The summed E-state index contributed by atoms with van der Waals surface area (Å²) in [6.07, 6.45) is 0. The lowest BCUT2D eigenvalue weighted by molar-refractivity contribution is 0.803. The van der Waals surface area contributed by atoms with E-state index in [0.29, 0.717) is 0 Å². The van der Waals surface area contributed by atoms with E-state index < -0.39 is 7.92 Å². The highest BCUT2D eigenvalue weighted by molar-refractivity contribution is 8.01. The molecule has 0 amide bonds. The Hall–Kier alpha value is -1.43. The van der Waals surface area contributed by atoms with E-state index in [2.05, 4.69) is 99.6 Å². The molecular formula is C21H22PS-. The first-order chi connectivity index (χ1) is 11.0. The van der Waals surface area contributed by atoms with Gasteiger partial charge in [-0.1, -0.05) is 89.4 Å². The van der Waals surface area contributed by atoms with Crippen molar-refractivity contribution in [3.05, 3.63) is 78.9 Å². The molecule has 0 spiro atoms. The highest BCUT2D eigenvalue weighted by atomic mass is 32.2. The lowest BCUT2D eigenvalue weighted by Crippen LogP contribution is -2.21. The standard InChI is InChI=1S/C21H22PS/c1-21(2,3)23-20-16-10-15-19(20)22(17-11-6-4-7-12-17)18-13-8-5-9-14-18/h4-16H,1-3H3/q-1. The Morgan fingerprint density at radius 2 is 1.30 bits per heavy atom. The lowest BCUT2D eigenvalue weighted by Gasteiger charge is -2.29. The van der Waals surface area contributed by atoms with E-state index in [0.717, 1.165) is 0 Å². The fourth-order valence-corrected chi connectivity index (χ4v) is 6.29. The summed E-state index contributed by atoms with van der Waals surface area (Å²) in [6.45, 7) is 6.84. The summed E-state index contributed by atoms with van der Waals surface area (Å²) < 4.78 is 0.220. The summed E-state index contributed by atoms with van der Waals surface area (Å²) in [5, 5.41) is 4.30. The molecule has 0 radical (unpaired) electrons. The van der Waals surface area contributed by atoms with Crippen LogP contribution in [0.25, 0.3) is 0 Å². The maximum atomic E-state index is 2.31. The Morgan fingerprint density at radius 3 is 1.78 bits per heavy atom. The Morgan fingerprint density at radius 1 is 0.783 bits per heavy atom. The van der Waals surface area contributed by atoms with Crippen molar-refractivity contribution in [3.63, 3.8) is 0 Å². The van der Waals surface area contributed by atoms with E-state index in [4.69, 9.17) is 0 Å². The van der Waals surface area contributed by atoms with Gasteiger partial charge in [-0.25, -0.2) is 6.07 Å².